The van der Waals surface area contributed by atoms with Crippen LogP contribution in [-0.2, 0) is 0 Å². The summed E-state index contributed by atoms with van der Waals surface area (Å²) in [5.74, 6) is 0.703. The molecule has 2 rings (SSSR count). The standard InChI is InChI=1S/C17H22N4O/c1-3-18-11-12-19-17(22)14-9-10-16(20-13-14)21(2)15-7-5-4-6-8-15/h4-10,13,18H,3,11-12H2,1-2H3,(H,19,22). The first kappa shape index (κ1) is 16.0. The highest BCUT2D eigenvalue weighted by Crippen LogP contribution is 2.20. The third-order valence-corrected chi connectivity index (χ3v) is 3.33. The number of benzene rings is 1. The summed E-state index contributed by atoms with van der Waals surface area (Å²) < 4.78 is 0. The Labute approximate surface area is 131 Å². The van der Waals surface area contributed by atoms with Crippen LogP contribution < -0.4 is 15.5 Å². The number of anilines is 2. The molecule has 22 heavy (non-hydrogen) atoms. The van der Waals surface area contributed by atoms with Gasteiger partial charge in [-0.1, -0.05) is 25.1 Å². The van der Waals surface area contributed by atoms with E-state index in [9.17, 15) is 4.79 Å². The first-order valence-electron chi connectivity index (χ1n) is 7.46. The van der Waals surface area contributed by atoms with Crippen LogP contribution in [0.5, 0.6) is 0 Å². The van der Waals surface area contributed by atoms with Crippen molar-refractivity contribution in [1.82, 2.24) is 15.6 Å². The third kappa shape index (κ3) is 4.30. The van der Waals surface area contributed by atoms with E-state index in [1.807, 2.05) is 55.3 Å². The number of nitrogens with one attached hydrogen (secondary N) is 2. The van der Waals surface area contributed by atoms with Gasteiger partial charge in [0.1, 0.15) is 5.82 Å². The number of pyridine rings is 1. The molecule has 0 aliphatic carbocycles. The minimum atomic E-state index is -0.0979. The maximum absolute atomic E-state index is 12.0. The van der Waals surface area contributed by atoms with Gasteiger partial charge in [0.2, 0.25) is 0 Å². The summed E-state index contributed by atoms with van der Waals surface area (Å²) in [6, 6.07) is 13.6. The SMILES string of the molecule is CCNCCNC(=O)c1ccc(N(C)c2ccccc2)nc1. The van der Waals surface area contributed by atoms with E-state index in [4.69, 9.17) is 0 Å². The zero-order chi connectivity index (χ0) is 15.8. The summed E-state index contributed by atoms with van der Waals surface area (Å²) in [5.41, 5.74) is 1.62. The normalized spacial score (nSPS) is 10.3. The quantitative estimate of drug-likeness (QED) is 0.769. The molecule has 1 aromatic heterocycles. The predicted octanol–water partition coefficient (Wildman–Crippen LogP) is 2.19. The Bertz CT molecular complexity index is 583. The monoisotopic (exact) mass is 298 g/mol. The molecular weight excluding hydrogens is 276 g/mol. The number of likely N-dealkylation sites (N-methyl/N-ethyl adjacent to an activating group) is 1. The maximum Gasteiger partial charge on any atom is 0.252 e. The average molecular weight is 298 g/mol. The molecule has 5 heteroatoms. The Kier molecular flexibility index (Phi) is 5.91. The van der Waals surface area contributed by atoms with Crippen LogP contribution in [0.25, 0.3) is 0 Å². The van der Waals surface area contributed by atoms with E-state index in [0.29, 0.717) is 12.1 Å². The van der Waals surface area contributed by atoms with Crippen molar-refractivity contribution in [2.75, 3.05) is 31.6 Å². The average Bonchev–Trinajstić information content (AvgIpc) is 2.59. The Balaban J connectivity index is 1.96. The van der Waals surface area contributed by atoms with Crippen LogP contribution in [0.4, 0.5) is 11.5 Å². The van der Waals surface area contributed by atoms with E-state index in [-0.39, 0.29) is 5.91 Å². The van der Waals surface area contributed by atoms with Crippen LogP contribution in [0.3, 0.4) is 0 Å². The second-order valence-corrected chi connectivity index (χ2v) is 4.91. The number of hydrogen-bond acceptors (Lipinski definition) is 4. The molecule has 1 aromatic carbocycles. The molecule has 0 aliphatic rings. The number of rotatable bonds is 7. The molecule has 116 valence electrons. The molecule has 0 radical (unpaired) electrons. The van der Waals surface area contributed by atoms with E-state index in [2.05, 4.69) is 15.6 Å². The number of hydrogen-bond donors (Lipinski definition) is 2. The minimum Gasteiger partial charge on any atom is -0.351 e. The zero-order valence-electron chi connectivity index (χ0n) is 13.0. The number of carbonyl (C=O) groups is 1. The fraction of sp³-hybridized carbons (Fsp3) is 0.294. The Morgan fingerprint density at radius 3 is 2.55 bits per heavy atom. The van der Waals surface area contributed by atoms with Crippen LogP contribution in [0.15, 0.2) is 48.7 Å². The highest BCUT2D eigenvalue weighted by Gasteiger charge is 2.08. The smallest absolute Gasteiger partial charge is 0.252 e. The Morgan fingerprint density at radius 2 is 1.91 bits per heavy atom. The summed E-state index contributed by atoms with van der Waals surface area (Å²) in [6.45, 7) is 4.31. The summed E-state index contributed by atoms with van der Waals surface area (Å²) in [4.78, 5) is 18.3. The Morgan fingerprint density at radius 1 is 1.14 bits per heavy atom. The van der Waals surface area contributed by atoms with Crippen LogP contribution in [0.1, 0.15) is 17.3 Å². The third-order valence-electron chi connectivity index (χ3n) is 3.33. The van der Waals surface area contributed by atoms with Gasteiger partial charge in [0, 0.05) is 32.0 Å². The van der Waals surface area contributed by atoms with Crippen LogP contribution in [0.2, 0.25) is 0 Å². The molecule has 0 spiro atoms. The van der Waals surface area contributed by atoms with E-state index >= 15 is 0 Å². The molecule has 0 bridgehead atoms. The fourth-order valence-electron chi connectivity index (χ4n) is 2.05. The predicted molar refractivity (Wildman–Crippen MR) is 89.6 cm³/mol. The van der Waals surface area contributed by atoms with Crippen LogP contribution >= 0.6 is 0 Å². The van der Waals surface area contributed by atoms with E-state index in [1.165, 1.54) is 0 Å². The highest BCUT2D eigenvalue weighted by molar-refractivity contribution is 5.94. The van der Waals surface area contributed by atoms with Gasteiger partial charge < -0.3 is 15.5 Å². The van der Waals surface area contributed by atoms with Crippen molar-refractivity contribution in [1.29, 1.82) is 0 Å². The summed E-state index contributed by atoms with van der Waals surface area (Å²) in [5, 5.41) is 6.02. The van der Waals surface area contributed by atoms with Crippen molar-refractivity contribution in [3.63, 3.8) is 0 Å². The van der Waals surface area contributed by atoms with Gasteiger partial charge >= 0.3 is 0 Å². The topological polar surface area (TPSA) is 57.3 Å². The van der Waals surface area contributed by atoms with Crippen molar-refractivity contribution in [2.45, 2.75) is 6.92 Å². The van der Waals surface area contributed by atoms with Gasteiger partial charge in [-0.15, -0.1) is 0 Å². The molecule has 1 amide bonds. The number of para-hydroxylation sites is 1. The van der Waals surface area contributed by atoms with Gasteiger partial charge in [-0.2, -0.15) is 0 Å². The molecule has 0 atom stereocenters. The largest absolute Gasteiger partial charge is 0.351 e. The Hall–Kier alpha value is -2.40. The lowest BCUT2D eigenvalue weighted by Crippen LogP contribution is -2.31. The lowest BCUT2D eigenvalue weighted by molar-refractivity contribution is 0.0953. The first-order chi connectivity index (χ1) is 10.7. The second kappa shape index (κ2) is 8.14. The number of carbonyl (C=O) groups excluding carboxylic acids is 1. The minimum absolute atomic E-state index is 0.0979. The van der Waals surface area contributed by atoms with Crippen molar-refractivity contribution in [2.24, 2.45) is 0 Å². The van der Waals surface area contributed by atoms with Gasteiger partial charge in [-0.05, 0) is 30.8 Å². The van der Waals surface area contributed by atoms with Crippen LogP contribution in [0, 0.1) is 0 Å². The van der Waals surface area contributed by atoms with Crippen molar-refractivity contribution in [3.8, 4) is 0 Å². The lowest BCUT2D eigenvalue weighted by Gasteiger charge is -2.18. The van der Waals surface area contributed by atoms with Crippen molar-refractivity contribution >= 4 is 17.4 Å². The van der Waals surface area contributed by atoms with E-state index < -0.39 is 0 Å². The molecule has 1 heterocycles. The van der Waals surface area contributed by atoms with Crippen molar-refractivity contribution < 1.29 is 4.79 Å². The molecule has 5 nitrogen and oxygen atoms in total. The van der Waals surface area contributed by atoms with Crippen LogP contribution in [-0.4, -0.2) is 37.6 Å². The summed E-state index contributed by atoms with van der Waals surface area (Å²) in [6.07, 6.45) is 1.61. The molecule has 0 saturated carbocycles. The number of aromatic nitrogens is 1. The van der Waals surface area contributed by atoms with Gasteiger partial charge in [-0.25, -0.2) is 4.98 Å². The summed E-state index contributed by atoms with van der Waals surface area (Å²) in [7, 11) is 1.95. The summed E-state index contributed by atoms with van der Waals surface area (Å²) >= 11 is 0. The highest BCUT2D eigenvalue weighted by atomic mass is 16.1. The number of amides is 1. The molecule has 0 saturated heterocycles. The van der Waals surface area contributed by atoms with Gasteiger partial charge in [0.05, 0.1) is 5.56 Å². The molecule has 0 aliphatic heterocycles. The van der Waals surface area contributed by atoms with Gasteiger partial charge in [0.25, 0.3) is 5.91 Å². The second-order valence-electron chi connectivity index (χ2n) is 4.91. The molecule has 2 N–H and O–H groups in total. The van der Waals surface area contributed by atoms with Crippen molar-refractivity contribution in [3.05, 3.63) is 54.2 Å². The fourth-order valence-corrected chi connectivity index (χ4v) is 2.05. The molecule has 2 aromatic rings. The lowest BCUT2D eigenvalue weighted by atomic mass is 10.2. The first-order valence-corrected chi connectivity index (χ1v) is 7.46. The van der Waals surface area contributed by atoms with Gasteiger partial charge in [-0.3, -0.25) is 4.79 Å². The maximum atomic E-state index is 12.0. The number of nitrogens with zero attached hydrogens (tertiary/aromatic N) is 2. The molecule has 0 fully saturated rings. The zero-order valence-corrected chi connectivity index (χ0v) is 13.0. The van der Waals surface area contributed by atoms with E-state index in [1.54, 1.807) is 12.3 Å². The van der Waals surface area contributed by atoms with Gasteiger partial charge in [0.15, 0.2) is 0 Å². The molecular formula is C17H22N4O. The molecule has 0 unspecified atom stereocenters. The van der Waals surface area contributed by atoms with E-state index in [0.717, 1.165) is 24.6 Å².